The Morgan fingerprint density at radius 1 is 1.23 bits per heavy atom. The summed E-state index contributed by atoms with van der Waals surface area (Å²) in [4.78, 5) is 27.8. The number of aryl methyl sites for hydroxylation is 1. The maximum atomic E-state index is 12.3. The van der Waals surface area contributed by atoms with Crippen molar-refractivity contribution in [3.8, 4) is 0 Å². The molecule has 2 N–H and O–H groups in total. The summed E-state index contributed by atoms with van der Waals surface area (Å²) in [6.07, 6.45) is 0. The monoisotopic (exact) mass is 318 g/mol. The molecule has 0 aliphatic heterocycles. The van der Waals surface area contributed by atoms with Crippen molar-refractivity contribution in [3.63, 3.8) is 0 Å². The Bertz CT molecular complexity index is 682. The van der Waals surface area contributed by atoms with Gasteiger partial charge in [0.05, 0.1) is 17.7 Å². The minimum Gasteiger partial charge on any atom is -0.477 e. The first kappa shape index (κ1) is 16.2. The quantitative estimate of drug-likeness (QED) is 0.887. The Morgan fingerprint density at radius 2 is 1.86 bits per heavy atom. The number of thiazole rings is 1. The zero-order chi connectivity index (χ0) is 16.3. The van der Waals surface area contributed by atoms with E-state index in [0.29, 0.717) is 10.7 Å². The molecule has 0 fully saturated rings. The third-order valence-corrected chi connectivity index (χ3v) is 4.76. The first-order valence-electron chi connectivity index (χ1n) is 6.96. The normalized spacial score (nSPS) is 13.4. The molecule has 0 aliphatic carbocycles. The van der Waals surface area contributed by atoms with Crippen LogP contribution in [0, 0.1) is 6.92 Å². The largest absolute Gasteiger partial charge is 0.477 e. The van der Waals surface area contributed by atoms with Gasteiger partial charge < -0.3 is 10.4 Å². The molecule has 1 heterocycles. The van der Waals surface area contributed by atoms with Crippen molar-refractivity contribution in [1.82, 2.24) is 10.3 Å². The van der Waals surface area contributed by atoms with Gasteiger partial charge >= 0.3 is 5.97 Å². The van der Waals surface area contributed by atoms with Crippen LogP contribution in [0.1, 0.15) is 51.7 Å². The fourth-order valence-electron chi connectivity index (χ4n) is 2.09. The minimum atomic E-state index is -0.988. The Labute approximate surface area is 133 Å². The van der Waals surface area contributed by atoms with Crippen molar-refractivity contribution in [1.29, 1.82) is 0 Å². The third-order valence-electron chi connectivity index (χ3n) is 3.43. The van der Waals surface area contributed by atoms with Gasteiger partial charge in [0.2, 0.25) is 5.91 Å². The zero-order valence-corrected chi connectivity index (χ0v) is 13.5. The molecule has 2 unspecified atom stereocenters. The molecule has 2 atom stereocenters. The second-order valence-electron chi connectivity index (χ2n) is 5.13. The summed E-state index contributed by atoms with van der Waals surface area (Å²) in [5.41, 5.74) is 1.42. The van der Waals surface area contributed by atoms with Crippen molar-refractivity contribution in [3.05, 3.63) is 51.5 Å². The van der Waals surface area contributed by atoms with Gasteiger partial charge in [-0.15, -0.1) is 11.3 Å². The first-order chi connectivity index (χ1) is 10.4. The fraction of sp³-hybridized carbons (Fsp3) is 0.312. The molecule has 6 heteroatoms. The van der Waals surface area contributed by atoms with Crippen molar-refractivity contribution < 1.29 is 14.7 Å². The predicted molar refractivity (Wildman–Crippen MR) is 85.2 cm³/mol. The highest BCUT2D eigenvalue weighted by Crippen LogP contribution is 2.24. The number of carboxylic acids is 1. The van der Waals surface area contributed by atoms with Crippen LogP contribution in [0.3, 0.4) is 0 Å². The van der Waals surface area contributed by atoms with Crippen LogP contribution in [0.4, 0.5) is 0 Å². The van der Waals surface area contributed by atoms with Gasteiger partial charge in [0.15, 0.2) is 0 Å². The molecule has 0 saturated heterocycles. The maximum absolute atomic E-state index is 12.3. The number of aromatic carboxylic acids is 1. The lowest BCUT2D eigenvalue weighted by Crippen LogP contribution is -2.30. The summed E-state index contributed by atoms with van der Waals surface area (Å²) in [6.45, 7) is 5.30. The second-order valence-corrected chi connectivity index (χ2v) is 6.17. The summed E-state index contributed by atoms with van der Waals surface area (Å²) < 4.78 is 0. The average Bonchev–Trinajstić information content (AvgIpc) is 2.89. The second kappa shape index (κ2) is 6.70. The van der Waals surface area contributed by atoms with E-state index in [-0.39, 0.29) is 22.7 Å². The smallest absolute Gasteiger partial charge is 0.347 e. The van der Waals surface area contributed by atoms with Crippen molar-refractivity contribution >= 4 is 23.2 Å². The van der Waals surface area contributed by atoms with Gasteiger partial charge in [0, 0.05) is 0 Å². The number of carbonyl (C=O) groups excluding carboxylic acids is 1. The number of carbonyl (C=O) groups is 2. The number of carboxylic acid groups (broad SMARTS) is 1. The number of benzene rings is 1. The van der Waals surface area contributed by atoms with Crippen LogP contribution < -0.4 is 5.32 Å². The molecular formula is C16H18N2O3S. The van der Waals surface area contributed by atoms with E-state index in [4.69, 9.17) is 5.11 Å². The summed E-state index contributed by atoms with van der Waals surface area (Å²) >= 11 is 1.10. The fourth-order valence-corrected chi connectivity index (χ4v) is 3.00. The molecule has 0 radical (unpaired) electrons. The minimum absolute atomic E-state index is 0.108. The van der Waals surface area contributed by atoms with Gasteiger partial charge in [-0.2, -0.15) is 0 Å². The van der Waals surface area contributed by atoms with Gasteiger partial charge in [0.25, 0.3) is 0 Å². The molecule has 0 bridgehead atoms. The van der Waals surface area contributed by atoms with Crippen LogP contribution in [0.15, 0.2) is 30.3 Å². The van der Waals surface area contributed by atoms with E-state index >= 15 is 0 Å². The van der Waals surface area contributed by atoms with Crippen molar-refractivity contribution in [2.75, 3.05) is 0 Å². The average molecular weight is 318 g/mol. The van der Waals surface area contributed by atoms with Crippen LogP contribution in [0.5, 0.6) is 0 Å². The van der Waals surface area contributed by atoms with Crippen LogP contribution in [0.25, 0.3) is 0 Å². The predicted octanol–water partition coefficient (Wildman–Crippen LogP) is 3.13. The first-order valence-corrected chi connectivity index (χ1v) is 7.77. The Hall–Kier alpha value is -2.21. The number of hydrogen-bond acceptors (Lipinski definition) is 4. The van der Waals surface area contributed by atoms with Gasteiger partial charge in [0.1, 0.15) is 9.88 Å². The van der Waals surface area contributed by atoms with Crippen LogP contribution in [0.2, 0.25) is 0 Å². The van der Waals surface area contributed by atoms with Gasteiger partial charge in [-0.25, -0.2) is 9.78 Å². The molecule has 116 valence electrons. The third kappa shape index (κ3) is 3.51. The molecule has 0 spiro atoms. The van der Waals surface area contributed by atoms with E-state index in [2.05, 4.69) is 10.3 Å². The standard InChI is InChI=1S/C16H18N2O3S/c1-9(12-7-5-4-6-8-12)14(19)17-11(3)15-18-10(2)13(22-15)16(20)21/h4-9,11H,1-3H3,(H,17,19)(H,20,21). The van der Waals surface area contributed by atoms with Crippen molar-refractivity contribution in [2.45, 2.75) is 32.7 Å². The van der Waals surface area contributed by atoms with E-state index in [9.17, 15) is 9.59 Å². The molecule has 2 rings (SSSR count). The number of nitrogens with one attached hydrogen (secondary N) is 1. The molecule has 5 nitrogen and oxygen atoms in total. The molecule has 1 aromatic carbocycles. The number of aromatic nitrogens is 1. The summed E-state index contributed by atoms with van der Waals surface area (Å²) in [7, 11) is 0. The Balaban J connectivity index is 2.08. The lowest BCUT2D eigenvalue weighted by molar-refractivity contribution is -0.122. The van der Waals surface area contributed by atoms with Gasteiger partial charge in [-0.05, 0) is 26.3 Å². The molecule has 2 aromatic rings. The van der Waals surface area contributed by atoms with E-state index in [1.807, 2.05) is 37.3 Å². The maximum Gasteiger partial charge on any atom is 0.347 e. The number of hydrogen-bond donors (Lipinski definition) is 2. The van der Waals surface area contributed by atoms with E-state index in [1.54, 1.807) is 13.8 Å². The van der Waals surface area contributed by atoms with Crippen LogP contribution in [-0.2, 0) is 4.79 Å². The molecule has 0 aliphatic rings. The molecular weight excluding hydrogens is 300 g/mol. The molecule has 1 aromatic heterocycles. The topological polar surface area (TPSA) is 79.3 Å². The summed E-state index contributed by atoms with van der Waals surface area (Å²) in [6, 6.07) is 9.19. The SMILES string of the molecule is Cc1nc(C(C)NC(=O)C(C)c2ccccc2)sc1C(=O)O. The van der Waals surface area contributed by atoms with Gasteiger partial charge in [-0.1, -0.05) is 30.3 Å². The highest BCUT2D eigenvalue weighted by Gasteiger charge is 2.21. The molecule has 0 saturated carbocycles. The van der Waals surface area contributed by atoms with Crippen LogP contribution in [-0.4, -0.2) is 22.0 Å². The molecule has 22 heavy (non-hydrogen) atoms. The van der Waals surface area contributed by atoms with Crippen LogP contribution >= 0.6 is 11.3 Å². The number of amides is 1. The van der Waals surface area contributed by atoms with E-state index in [1.165, 1.54) is 0 Å². The Morgan fingerprint density at radius 3 is 2.41 bits per heavy atom. The van der Waals surface area contributed by atoms with E-state index in [0.717, 1.165) is 16.9 Å². The van der Waals surface area contributed by atoms with E-state index < -0.39 is 5.97 Å². The highest BCUT2D eigenvalue weighted by atomic mass is 32.1. The number of nitrogens with zero attached hydrogens (tertiary/aromatic N) is 1. The summed E-state index contributed by atoms with van der Waals surface area (Å²) in [5, 5.41) is 12.6. The lowest BCUT2D eigenvalue weighted by atomic mass is 10.0. The van der Waals surface area contributed by atoms with Gasteiger partial charge in [-0.3, -0.25) is 4.79 Å². The zero-order valence-electron chi connectivity index (χ0n) is 12.7. The number of rotatable bonds is 5. The highest BCUT2D eigenvalue weighted by molar-refractivity contribution is 7.13. The van der Waals surface area contributed by atoms with Crippen molar-refractivity contribution in [2.24, 2.45) is 0 Å². The lowest BCUT2D eigenvalue weighted by Gasteiger charge is -2.16. The molecule has 1 amide bonds. The Kier molecular flexibility index (Phi) is 4.92. The summed E-state index contributed by atoms with van der Waals surface area (Å²) in [5.74, 6) is -1.37.